The molecule has 1 aromatic carbocycles. The summed E-state index contributed by atoms with van der Waals surface area (Å²) < 4.78 is 26.5. The molecule has 1 N–H and O–H groups in total. The fraction of sp³-hybridized carbons (Fsp3) is 0. The van der Waals surface area contributed by atoms with Crippen molar-refractivity contribution in [1.29, 1.82) is 0 Å². The number of hydrogen-bond donors (Lipinski definition) is 1. The number of halogens is 2. The summed E-state index contributed by atoms with van der Waals surface area (Å²) >= 11 is 0. The predicted molar refractivity (Wildman–Crippen MR) is 48.2 cm³/mol. The lowest BCUT2D eigenvalue weighted by Crippen LogP contribution is -2.06. The first-order chi connectivity index (χ1) is 7.59. The Morgan fingerprint density at radius 2 is 1.94 bits per heavy atom. The molecule has 0 saturated carbocycles. The first kappa shape index (κ1) is 10.2. The fourth-order valence-corrected chi connectivity index (χ4v) is 1.15. The average Bonchev–Trinajstić information content (AvgIpc) is 2.66. The first-order valence-corrected chi connectivity index (χ1v) is 4.19. The van der Waals surface area contributed by atoms with Crippen molar-refractivity contribution in [3.63, 3.8) is 0 Å². The minimum Gasteiger partial charge on any atom is -0.476 e. The normalized spacial score (nSPS) is 10.4. The molecule has 0 fully saturated rings. The highest BCUT2D eigenvalue weighted by atomic mass is 19.1. The van der Waals surface area contributed by atoms with Gasteiger partial charge in [-0.25, -0.2) is 13.6 Å². The number of para-hydroxylation sites is 1. The van der Waals surface area contributed by atoms with Crippen LogP contribution in [0.1, 0.15) is 10.5 Å². The zero-order chi connectivity index (χ0) is 11.7. The van der Waals surface area contributed by atoms with Gasteiger partial charge < -0.3 is 5.11 Å². The maximum atomic E-state index is 13.3. The molecule has 0 spiro atoms. The topological polar surface area (TPSA) is 68.0 Å². The van der Waals surface area contributed by atoms with Gasteiger partial charge in [0.1, 0.15) is 0 Å². The Balaban J connectivity index is 2.54. The summed E-state index contributed by atoms with van der Waals surface area (Å²) in [6, 6.07) is 3.25. The Labute approximate surface area is 87.9 Å². The Morgan fingerprint density at radius 1 is 1.31 bits per heavy atom. The SMILES string of the molecule is O=C(O)c1cnn(-c2c(F)cccc2F)n1. The highest BCUT2D eigenvalue weighted by Gasteiger charge is 2.15. The molecule has 7 heteroatoms. The van der Waals surface area contributed by atoms with E-state index in [0.29, 0.717) is 4.80 Å². The van der Waals surface area contributed by atoms with Crippen molar-refractivity contribution in [3.05, 3.63) is 41.7 Å². The van der Waals surface area contributed by atoms with Gasteiger partial charge in [-0.05, 0) is 12.1 Å². The number of rotatable bonds is 2. The molecule has 0 atom stereocenters. The van der Waals surface area contributed by atoms with Crippen LogP contribution >= 0.6 is 0 Å². The van der Waals surface area contributed by atoms with Crippen molar-refractivity contribution in [2.45, 2.75) is 0 Å². The van der Waals surface area contributed by atoms with Crippen LogP contribution in [0.2, 0.25) is 0 Å². The molecule has 0 aliphatic heterocycles. The molecule has 0 amide bonds. The maximum Gasteiger partial charge on any atom is 0.358 e. The second-order valence-corrected chi connectivity index (χ2v) is 2.89. The maximum absolute atomic E-state index is 13.3. The Hall–Kier alpha value is -2.31. The summed E-state index contributed by atoms with van der Waals surface area (Å²) in [7, 11) is 0. The summed E-state index contributed by atoms with van der Waals surface area (Å²) in [5.74, 6) is -3.05. The van der Waals surface area contributed by atoms with E-state index in [1.807, 2.05) is 0 Å². The van der Waals surface area contributed by atoms with Gasteiger partial charge in [-0.1, -0.05) is 6.07 Å². The minimum absolute atomic E-state index is 0.386. The van der Waals surface area contributed by atoms with E-state index >= 15 is 0 Å². The van der Waals surface area contributed by atoms with Crippen LogP contribution in [0.25, 0.3) is 5.69 Å². The number of carbonyl (C=O) groups is 1. The molecule has 0 unspecified atom stereocenters. The molecule has 5 nitrogen and oxygen atoms in total. The standard InChI is InChI=1S/C9H5F2N3O2/c10-5-2-1-3-6(11)8(5)14-12-4-7(13-14)9(15)16/h1-4H,(H,15,16). The van der Waals surface area contributed by atoms with Gasteiger partial charge in [0.15, 0.2) is 23.0 Å². The summed E-state index contributed by atoms with van der Waals surface area (Å²) in [6.07, 6.45) is 0.911. The number of aromatic nitrogens is 3. The third-order valence-electron chi connectivity index (χ3n) is 1.85. The van der Waals surface area contributed by atoms with E-state index in [-0.39, 0.29) is 5.69 Å². The number of hydrogen-bond acceptors (Lipinski definition) is 3. The van der Waals surface area contributed by atoms with Gasteiger partial charge in [-0.2, -0.15) is 5.10 Å². The molecule has 82 valence electrons. The van der Waals surface area contributed by atoms with Crippen molar-refractivity contribution in [2.75, 3.05) is 0 Å². The highest BCUT2D eigenvalue weighted by molar-refractivity contribution is 5.84. The van der Waals surface area contributed by atoms with Crippen molar-refractivity contribution < 1.29 is 18.7 Å². The van der Waals surface area contributed by atoms with Crippen molar-refractivity contribution in [2.24, 2.45) is 0 Å². The third kappa shape index (κ3) is 1.62. The van der Waals surface area contributed by atoms with E-state index < -0.39 is 23.3 Å². The molecule has 2 rings (SSSR count). The van der Waals surface area contributed by atoms with E-state index in [9.17, 15) is 13.6 Å². The van der Waals surface area contributed by atoms with Crippen LogP contribution in [0, 0.1) is 11.6 Å². The van der Waals surface area contributed by atoms with Crippen molar-refractivity contribution in [1.82, 2.24) is 15.0 Å². The average molecular weight is 225 g/mol. The van der Waals surface area contributed by atoms with Crippen LogP contribution in [0.15, 0.2) is 24.4 Å². The zero-order valence-electron chi connectivity index (χ0n) is 7.76. The Morgan fingerprint density at radius 3 is 2.44 bits per heavy atom. The van der Waals surface area contributed by atoms with Crippen LogP contribution in [0.3, 0.4) is 0 Å². The number of nitrogens with zero attached hydrogens (tertiary/aromatic N) is 3. The molecule has 0 saturated heterocycles. The minimum atomic E-state index is -1.32. The van der Waals surface area contributed by atoms with Crippen LogP contribution in [0.5, 0.6) is 0 Å². The molecule has 16 heavy (non-hydrogen) atoms. The van der Waals surface area contributed by atoms with E-state index in [0.717, 1.165) is 18.3 Å². The molecule has 1 heterocycles. The Bertz CT molecular complexity index is 533. The molecule has 0 aliphatic carbocycles. The summed E-state index contributed by atoms with van der Waals surface area (Å²) in [5, 5.41) is 15.5. The van der Waals surface area contributed by atoms with Gasteiger partial charge in [-0.15, -0.1) is 9.90 Å². The lowest BCUT2D eigenvalue weighted by molar-refractivity contribution is 0.0690. The van der Waals surface area contributed by atoms with Gasteiger partial charge in [0.2, 0.25) is 0 Å². The number of aromatic carboxylic acids is 1. The van der Waals surface area contributed by atoms with Gasteiger partial charge in [0, 0.05) is 0 Å². The molecular weight excluding hydrogens is 220 g/mol. The van der Waals surface area contributed by atoms with Gasteiger partial charge >= 0.3 is 5.97 Å². The highest BCUT2D eigenvalue weighted by Crippen LogP contribution is 2.15. The quantitative estimate of drug-likeness (QED) is 0.834. The van der Waals surface area contributed by atoms with Crippen LogP contribution in [-0.4, -0.2) is 26.1 Å². The Kier molecular flexibility index (Phi) is 2.35. The summed E-state index contributed by atoms with van der Waals surface area (Å²) in [5.41, 5.74) is -0.891. The molecule has 0 bridgehead atoms. The van der Waals surface area contributed by atoms with Gasteiger partial charge in [-0.3, -0.25) is 0 Å². The zero-order valence-corrected chi connectivity index (χ0v) is 7.76. The van der Waals surface area contributed by atoms with Crippen LogP contribution in [0.4, 0.5) is 8.78 Å². The second-order valence-electron chi connectivity index (χ2n) is 2.89. The second kappa shape index (κ2) is 3.69. The van der Waals surface area contributed by atoms with Crippen molar-refractivity contribution in [3.8, 4) is 5.69 Å². The van der Waals surface area contributed by atoms with E-state index in [4.69, 9.17) is 5.11 Å². The molecular formula is C9H5F2N3O2. The molecule has 2 aromatic rings. The summed E-state index contributed by atoms with van der Waals surface area (Å²) in [6.45, 7) is 0. The third-order valence-corrected chi connectivity index (χ3v) is 1.85. The fourth-order valence-electron chi connectivity index (χ4n) is 1.15. The largest absolute Gasteiger partial charge is 0.476 e. The summed E-state index contributed by atoms with van der Waals surface area (Å²) in [4.78, 5) is 11.1. The van der Waals surface area contributed by atoms with Gasteiger partial charge in [0.05, 0.1) is 6.20 Å². The number of benzene rings is 1. The van der Waals surface area contributed by atoms with Crippen LogP contribution in [-0.2, 0) is 0 Å². The predicted octanol–water partition coefficient (Wildman–Crippen LogP) is 1.24. The van der Waals surface area contributed by atoms with Crippen molar-refractivity contribution >= 4 is 5.97 Å². The lowest BCUT2D eigenvalue weighted by Gasteiger charge is -2.01. The molecule has 0 radical (unpaired) electrons. The number of carboxylic acids is 1. The van der Waals surface area contributed by atoms with E-state index in [1.165, 1.54) is 6.07 Å². The lowest BCUT2D eigenvalue weighted by atomic mass is 10.3. The van der Waals surface area contributed by atoms with E-state index in [2.05, 4.69) is 10.2 Å². The monoisotopic (exact) mass is 225 g/mol. The number of carboxylic acid groups (broad SMARTS) is 1. The van der Waals surface area contributed by atoms with E-state index in [1.54, 1.807) is 0 Å². The van der Waals surface area contributed by atoms with Gasteiger partial charge in [0.25, 0.3) is 0 Å². The molecule has 0 aliphatic rings. The van der Waals surface area contributed by atoms with Crippen LogP contribution < -0.4 is 0 Å². The molecule has 1 aromatic heterocycles. The smallest absolute Gasteiger partial charge is 0.358 e. The first-order valence-electron chi connectivity index (χ1n) is 4.19.